The Morgan fingerprint density at radius 1 is 1.03 bits per heavy atom. The molecule has 0 aromatic heterocycles. The molecular formula is C26H41N3O7. The molecule has 0 aliphatic carbocycles. The van der Waals surface area contributed by atoms with Crippen LogP contribution in [0.25, 0.3) is 0 Å². The number of benzene rings is 1. The van der Waals surface area contributed by atoms with Gasteiger partial charge in [-0.15, -0.1) is 0 Å². The van der Waals surface area contributed by atoms with Crippen molar-refractivity contribution < 1.29 is 33.8 Å². The zero-order chi connectivity index (χ0) is 27.8. The van der Waals surface area contributed by atoms with Gasteiger partial charge < -0.3 is 30.1 Å². The molecule has 0 radical (unpaired) electrons. The van der Waals surface area contributed by atoms with E-state index in [1.165, 1.54) is 12.0 Å². The van der Waals surface area contributed by atoms with Gasteiger partial charge in [-0.25, -0.2) is 4.79 Å². The fourth-order valence-corrected chi connectivity index (χ4v) is 3.66. The summed E-state index contributed by atoms with van der Waals surface area (Å²) in [5.41, 5.74) is 0.584. The van der Waals surface area contributed by atoms with Crippen LogP contribution in [-0.2, 0) is 23.9 Å². The molecule has 3 N–H and O–H groups in total. The first-order valence-corrected chi connectivity index (χ1v) is 11.9. The maximum Gasteiger partial charge on any atom is 0.408 e. The molecule has 1 rings (SSSR count). The topological polar surface area (TPSA) is 134 Å². The quantitative estimate of drug-likeness (QED) is 0.414. The molecule has 36 heavy (non-hydrogen) atoms. The Balaban J connectivity index is 3.60. The minimum absolute atomic E-state index is 0.384. The molecule has 0 saturated carbocycles. The average Bonchev–Trinajstić information content (AvgIpc) is 2.76. The van der Waals surface area contributed by atoms with Gasteiger partial charge in [-0.05, 0) is 60.5 Å². The number of aliphatic hydroxyl groups excluding tert-OH is 1. The lowest BCUT2D eigenvalue weighted by atomic mass is 9.91. The average molecular weight is 508 g/mol. The molecule has 1 aromatic carbocycles. The molecule has 2 unspecified atom stereocenters. The molecule has 0 aliphatic rings. The summed E-state index contributed by atoms with van der Waals surface area (Å²) in [4.78, 5) is 52.9. The van der Waals surface area contributed by atoms with Gasteiger partial charge in [-0.1, -0.05) is 36.2 Å². The van der Waals surface area contributed by atoms with E-state index in [-0.39, 0.29) is 6.54 Å². The highest BCUT2D eigenvalue weighted by atomic mass is 16.6. The number of alkyl carbamates (subject to hydrolysis) is 1. The third kappa shape index (κ3) is 8.82. The van der Waals surface area contributed by atoms with E-state index < -0.39 is 53.7 Å². The van der Waals surface area contributed by atoms with Crippen LogP contribution in [0.4, 0.5) is 4.79 Å². The van der Waals surface area contributed by atoms with Crippen molar-refractivity contribution in [2.24, 2.45) is 0 Å². The maximum atomic E-state index is 13.9. The number of aliphatic hydroxyl groups is 1. The van der Waals surface area contributed by atoms with Crippen LogP contribution in [-0.4, -0.2) is 71.3 Å². The summed E-state index contributed by atoms with van der Waals surface area (Å²) in [6, 6.07) is 2.98. The Kier molecular flexibility index (Phi) is 10.9. The molecule has 0 saturated heterocycles. The molecule has 0 bridgehead atoms. The Morgan fingerprint density at radius 2 is 1.58 bits per heavy atom. The van der Waals surface area contributed by atoms with E-state index in [2.05, 4.69) is 15.4 Å². The number of hydrogen-bond acceptors (Lipinski definition) is 7. The van der Waals surface area contributed by atoms with Crippen molar-refractivity contribution in [1.29, 1.82) is 0 Å². The number of hydrogen-bond donors (Lipinski definition) is 3. The zero-order valence-corrected chi connectivity index (χ0v) is 22.9. The lowest BCUT2D eigenvalue weighted by molar-refractivity contribution is -0.150. The van der Waals surface area contributed by atoms with Crippen molar-refractivity contribution in [2.45, 2.75) is 85.0 Å². The molecular weight excluding hydrogens is 466 g/mol. The Labute approximate surface area is 213 Å². The van der Waals surface area contributed by atoms with Gasteiger partial charge >= 0.3 is 12.1 Å². The lowest BCUT2D eigenvalue weighted by Crippen LogP contribution is -2.60. The highest BCUT2D eigenvalue weighted by Gasteiger charge is 2.43. The van der Waals surface area contributed by atoms with E-state index in [1.54, 1.807) is 46.8 Å². The summed E-state index contributed by atoms with van der Waals surface area (Å²) in [6.45, 7) is 13.1. The second-order valence-corrected chi connectivity index (χ2v) is 10.4. The number of ether oxygens (including phenoxy) is 2. The summed E-state index contributed by atoms with van der Waals surface area (Å²) in [7, 11) is 1.21. The monoisotopic (exact) mass is 507 g/mol. The van der Waals surface area contributed by atoms with Crippen LogP contribution in [0.2, 0.25) is 0 Å². The minimum atomic E-state index is -1.37. The summed E-state index contributed by atoms with van der Waals surface area (Å²) >= 11 is 0. The second-order valence-electron chi connectivity index (χ2n) is 10.4. The van der Waals surface area contributed by atoms with Gasteiger partial charge in [0.15, 0.2) is 0 Å². The number of carbonyl (C=O) groups excluding carboxylic acids is 4. The number of nitrogens with one attached hydrogen (secondary N) is 2. The highest BCUT2D eigenvalue weighted by molar-refractivity contribution is 5.93. The Hall–Kier alpha value is -3.14. The van der Waals surface area contributed by atoms with Crippen molar-refractivity contribution in [1.82, 2.24) is 15.5 Å². The van der Waals surface area contributed by atoms with Crippen molar-refractivity contribution in [3.8, 4) is 0 Å². The van der Waals surface area contributed by atoms with Gasteiger partial charge in [0.25, 0.3) is 0 Å². The molecule has 10 nitrogen and oxygen atoms in total. The first kappa shape index (κ1) is 30.9. The standard InChI is InChI=1S/C26H41N3O7/c1-10-26(7,8)29(23(33)19(15-30)28-24(34)36-25(4,5)6)21(22(32)27-14-20(31)35-9)18-12-16(2)11-17(3)13-18/h11-13,19,21,30H,10,14-15H2,1-9H3,(H,27,32)(H,28,34). The number of rotatable bonds is 10. The van der Waals surface area contributed by atoms with Crippen LogP contribution < -0.4 is 10.6 Å². The largest absolute Gasteiger partial charge is 0.468 e. The van der Waals surface area contributed by atoms with Crippen LogP contribution in [0, 0.1) is 13.8 Å². The molecule has 2 atom stereocenters. The summed E-state index contributed by atoms with van der Waals surface area (Å²) in [6.07, 6.45) is -0.420. The summed E-state index contributed by atoms with van der Waals surface area (Å²) in [5.74, 6) is -1.92. The highest BCUT2D eigenvalue weighted by Crippen LogP contribution is 2.33. The van der Waals surface area contributed by atoms with Crippen LogP contribution in [0.15, 0.2) is 18.2 Å². The first-order valence-electron chi connectivity index (χ1n) is 11.9. The van der Waals surface area contributed by atoms with E-state index in [0.29, 0.717) is 12.0 Å². The number of nitrogens with zero attached hydrogens (tertiary/aromatic N) is 1. The Morgan fingerprint density at radius 3 is 2.03 bits per heavy atom. The number of amides is 3. The van der Waals surface area contributed by atoms with Gasteiger partial charge in [0.05, 0.1) is 13.7 Å². The number of methoxy groups -OCH3 is 1. The fourth-order valence-electron chi connectivity index (χ4n) is 3.66. The van der Waals surface area contributed by atoms with Gasteiger partial charge in [0, 0.05) is 5.54 Å². The van der Waals surface area contributed by atoms with Crippen molar-refractivity contribution in [2.75, 3.05) is 20.3 Å². The van der Waals surface area contributed by atoms with Gasteiger partial charge in [-0.2, -0.15) is 0 Å². The van der Waals surface area contributed by atoms with E-state index in [0.717, 1.165) is 11.1 Å². The second kappa shape index (κ2) is 12.7. The Bertz CT molecular complexity index is 933. The molecule has 202 valence electrons. The summed E-state index contributed by atoms with van der Waals surface area (Å²) in [5, 5.41) is 15.0. The molecule has 10 heteroatoms. The lowest BCUT2D eigenvalue weighted by Gasteiger charge is -2.44. The maximum absolute atomic E-state index is 13.9. The van der Waals surface area contributed by atoms with Gasteiger partial charge in [0.2, 0.25) is 11.8 Å². The van der Waals surface area contributed by atoms with Crippen molar-refractivity contribution in [3.63, 3.8) is 0 Å². The minimum Gasteiger partial charge on any atom is -0.468 e. The van der Waals surface area contributed by atoms with E-state index in [4.69, 9.17) is 4.74 Å². The SMILES string of the molecule is CCC(C)(C)N(C(=O)C(CO)NC(=O)OC(C)(C)C)C(C(=O)NCC(=O)OC)c1cc(C)cc(C)c1. The van der Waals surface area contributed by atoms with Gasteiger partial charge in [-0.3, -0.25) is 14.4 Å². The number of esters is 1. The van der Waals surface area contributed by atoms with Crippen molar-refractivity contribution in [3.05, 3.63) is 34.9 Å². The fraction of sp³-hybridized carbons (Fsp3) is 0.615. The number of carbonyl (C=O) groups is 4. The molecule has 3 amide bonds. The molecule has 0 spiro atoms. The third-order valence-electron chi connectivity index (χ3n) is 5.63. The molecule has 0 fully saturated rings. The van der Waals surface area contributed by atoms with Crippen LogP contribution in [0.1, 0.15) is 70.7 Å². The van der Waals surface area contributed by atoms with E-state index in [1.807, 2.05) is 26.8 Å². The molecule has 0 aliphatic heterocycles. The normalized spacial score (nSPS) is 13.3. The molecule has 1 aromatic rings. The van der Waals surface area contributed by atoms with Gasteiger partial charge in [0.1, 0.15) is 24.2 Å². The molecule has 0 heterocycles. The zero-order valence-electron chi connectivity index (χ0n) is 22.9. The predicted octanol–water partition coefficient (Wildman–Crippen LogP) is 2.54. The first-order chi connectivity index (χ1) is 16.6. The predicted molar refractivity (Wildman–Crippen MR) is 135 cm³/mol. The van der Waals surface area contributed by atoms with E-state index in [9.17, 15) is 24.3 Å². The van der Waals surface area contributed by atoms with Crippen LogP contribution in [0.5, 0.6) is 0 Å². The smallest absolute Gasteiger partial charge is 0.408 e. The third-order valence-corrected chi connectivity index (χ3v) is 5.63. The van der Waals surface area contributed by atoms with Crippen LogP contribution in [0.3, 0.4) is 0 Å². The number of aryl methyl sites for hydroxylation is 2. The van der Waals surface area contributed by atoms with E-state index >= 15 is 0 Å². The van der Waals surface area contributed by atoms with Crippen LogP contribution >= 0.6 is 0 Å². The van der Waals surface area contributed by atoms with Crippen molar-refractivity contribution >= 4 is 23.9 Å². The summed E-state index contributed by atoms with van der Waals surface area (Å²) < 4.78 is 9.88.